The fourth-order valence-corrected chi connectivity index (χ4v) is 2.86. The summed E-state index contributed by atoms with van der Waals surface area (Å²) >= 11 is 0. The van der Waals surface area contributed by atoms with Crippen LogP contribution in [0.2, 0.25) is 0 Å². The number of nitrogens with one attached hydrogen (secondary N) is 1. The number of hydrogen-bond donors (Lipinski definition) is 1. The van der Waals surface area contributed by atoms with Crippen LogP contribution in [0.4, 0.5) is 0 Å². The summed E-state index contributed by atoms with van der Waals surface area (Å²) in [7, 11) is 0. The van der Waals surface area contributed by atoms with Crippen LogP contribution >= 0.6 is 0 Å². The minimum Gasteiger partial charge on any atom is -0.469 e. The van der Waals surface area contributed by atoms with Gasteiger partial charge in [-0.3, -0.25) is 9.69 Å². The van der Waals surface area contributed by atoms with Crippen molar-refractivity contribution in [2.45, 2.75) is 32.9 Å². The third-order valence-corrected chi connectivity index (χ3v) is 4.18. The molecule has 1 amide bonds. The van der Waals surface area contributed by atoms with Gasteiger partial charge < -0.3 is 9.73 Å². The van der Waals surface area contributed by atoms with E-state index in [9.17, 15) is 4.79 Å². The molecular formula is C18H22N2O2. The Bertz CT molecular complexity index is 625. The van der Waals surface area contributed by atoms with E-state index < -0.39 is 0 Å². The zero-order chi connectivity index (χ0) is 15.4. The van der Waals surface area contributed by atoms with E-state index in [1.54, 1.807) is 13.0 Å². The van der Waals surface area contributed by atoms with Gasteiger partial charge in [0.05, 0.1) is 11.8 Å². The highest BCUT2D eigenvalue weighted by Gasteiger charge is 2.12. The molecule has 0 atom stereocenters. The van der Waals surface area contributed by atoms with E-state index in [0.717, 1.165) is 12.1 Å². The van der Waals surface area contributed by atoms with Gasteiger partial charge in [-0.2, -0.15) is 0 Å². The van der Waals surface area contributed by atoms with Crippen molar-refractivity contribution in [3.8, 4) is 0 Å². The second kappa shape index (κ2) is 6.79. The Kier molecular flexibility index (Phi) is 4.59. The molecule has 1 aliphatic rings. The molecule has 1 aromatic carbocycles. The number of aryl methyl sites for hydroxylation is 1. The van der Waals surface area contributed by atoms with Crippen molar-refractivity contribution in [2.75, 3.05) is 13.1 Å². The maximum atomic E-state index is 12.0. The first-order valence-corrected chi connectivity index (χ1v) is 7.85. The lowest BCUT2D eigenvalue weighted by atomic mass is 10.1. The van der Waals surface area contributed by atoms with Gasteiger partial charge in [0, 0.05) is 13.1 Å². The molecule has 0 unspecified atom stereocenters. The fourth-order valence-electron chi connectivity index (χ4n) is 2.86. The van der Waals surface area contributed by atoms with Gasteiger partial charge >= 0.3 is 0 Å². The van der Waals surface area contributed by atoms with Gasteiger partial charge in [0.25, 0.3) is 5.91 Å². The summed E-state index contributed by atoms with van der Waals surface area (Å²) < 4.78 is 5.15. The number of carbonyl (C=O) groups is 1. The van der Waals surface area contributed by atoms with Crippen LogP contribution in [-0.4, -0.2) is 23.9 Å². The van der Waals surface area contributed by atoms with Crippen molar-refractivity contribution in [3.05, 3.63) is 59.0 Å². The predicted molar refractivity (Wildman–Crippen MR) is 85.6 cm³/mol. The van der Waals surface area contributed by atoms with E-state index in [-0.39, 0.29) is 5.91 Å². The van der Waals surface area contributed by atoms with Gasteiger partial charge in [0.1, 0.15) is 5.76 Å². The first-order valence-electron chi connectivity index (χ1n) is 7.85. The molecule has 0 radical (unpaired) electrons. The van der Waals surface area contributed by atoms with Gasteiger partial charge in [0.2, 0.25) is 0 Å². The first-order chi connectivity index (χ1) is 10.7. The molecular weight excluding hydrogens is 276 g/mol. The number of hydrogen-bond acceptors (Lipinski definition) is 3. The van der Waals surface area contributed by atoms with Gasteiger partial charge in [-0.15, -0.1) is 0 Å². The van der Waals surface area contributed by atoms with Crippen molar-refractivity contribution < 1.29 is 9.21 Å². The molecule has 0 spiro atoms. The minimum atomic E-state index is -0.0904. The van der Waals surface area contributed by atoms with E-state index in [1.165, 1.54) is 37.8 Å². The highest BCUT2D eigenvalue weighted by Crippen LogP contribution is 2.13. The predicted octanol–water partition coefficient (Wildman–Crippen LogP) is 3.11. The Morgan fingerprint density at radius 1 is 1.14 bits per heavy atom. The third kappa shape index (κ3) is 3.57. The van der Waals surface area contributed by atoms with Crippen molar-refractivity contribution in [1.29, 1.82) is 0 Å². The van der Waals surface area contributed by atoms with Crippen LogP contribution in [0.25, 0.3) is 0 Å². The van der Waals surface area contributed by atoms with E-state index in [1.807, 2.05) is 0 Å². The second-order valence-electron chi connectivity index (χ2n) is 5.87. The maximum Gasteiger partial charge on any atom is 0.255 e. The van der Waals surface area contributed by atoms with Crippen LogP contribution in [0.5, 0.6) is 0 Å². The topological polar surface area (TPSA) is 45.5 Å². The Labute approximate surface area is 131 Å². The molecule has 0 saturated carbocycles. The summed E-state index contributed by atoms with van der Waals surface area (Å²) in [5.74, 6) is 0.561. The Morgan fingerprint density at radius 3 is 2.45 bits per heavy atom. The maximum absolute atomic E-state index is 12.0. The molecule has 0 bridgehead atoms. The molecule has 22 heavy (non-hydrogen) atoms. The van der Waals surface area contributed by atoms with Crippen molar-refractivity contribution in [3.63, 3.8) is 0 Å². The second-order valence-corrected chi connectivity index (χ2v) is 5.87. The molecule has 1 aromatic heterocycles. The summed E-state index contributed by atoms with van der Waals surface area (Å²) in [5, 5.41) is 2.93. The summed E-state index contributed by atoms with van der Waals surface area (Å²) in [6.45, 7) is 5.78. The van der Waals surface area contributed by atoms with Gasteiger partial charge in [0.15, 0.2) is 0 Å². The van der Waals surface area contributed by atoms with Crippen LogP contribution in [0, 0.1) is 6.92 Å². The van der Waals surface area contributed by atoms with Crippen LogP contribution in [0.1, 0.15) is 40.1 Å². The minimum absolute atomic E-state index is 0.0904. The molecule has 1 fully saturated rings. The number of amides is 1. The van der Waals surface area contributed by atoms with Crippen LogP contribution in [0.15, 0.2) is 41.0 Å². The molecule has 4 nitrogen and oxygen atoms in total. The summed E-state index contributed by atoms with van der Waals surface area (Å²) in [6, 6.07) is 10.2. The van der Waals surface area contributed by atoms with E-state index in [4.69, 9.17) is 4.42 Å². The highest BCUT2D eigenvalue weighted by molar-refractivity contribution is 5.94. The number of likely N-dealkylation sites (tertiary alicyclic amines) is 1. The van der Waals surface area contributed by atoms with E-state index >= 15 is 0 Å². The number of nitrogens with zero attached hydrogens (tertiary/aromatic N) is 1. The largest absolute Gasteiger partial charge is 0.469 e. The summed E-state index contributed by atoms with van der Waals surface area (Å²) in [4.78, 5) is 14.5. The van der Waals surface area contributed by atoms with Gasteiger partial charge in [-0.25, -0.2) is 0 Å². The van der Waals surface area contributed by atoms with Crippen LogP contribution in [-0.2, 0) is 13.1 Å². The number of rotatable bonds is 5. The number of furan rings is 1. The quantitative estimate of drug-likeness (QED) is 0.922. The average molecular weight is 298 g/mol. The summed E-state index contributed by atoms with van der Waals surface area (Å²) in [5.41, 5.74) is 3.05. The average Bonchev–Trinajstić information content (AvgIpc) is 3.18. The molecule has 116 valence electrons. The molecule has 4 heteroatoms. The van der Waals surface area contributed by atoms with Crippen LogP contribution in [0.3, 0.4) is 0 Å². The SMILES string of the molecule is Cc1occc1C(=O)NCc1ccc(CN2CCCC2)cc1. The lowest BCUT2D eigenvalue weighted by Crippen LogP contribution is -2.23. The normalized spacial score (nSPS) is 15.1. The highest BCUT2D eigenvalue weighted by atomic mass is 16.3. The molecule has 1 N–H and O–H groups in total. The van der Waals surface area contributed by atoms with Gasteiger partial charge in [-0.1, -0.05) is 24.3 Å². The van der Waals surface area contributed by atoms with E-state index in [0.29, 0.717) is 17.9 Å². The molecule has 2 aromatic rings. The van der Waals surface area contributed by atoms with Crippen molar-refractivity contribution in [1.82, 2.24) is 10.2 Å². The standard InChI is InChI=1S/C18H22N2O2/c1-14-17(8-11-22-14)18(21)19-12-15-4-6-16(7-5-15)13-20-9-2-3-10-20/h4-8,11H,2-3,9-10,12-13H2,1H3,(H,19,21). The smallest absolute Gasteiger partial charge is 0.255 e. The van der Waals surface area contributed by atoms with Crippen molar-refractivity contribution >= 4 is 5.91 Å². The molecule has 2 heterocycles. The molecule has 3 rings (SSSR count). The molecule has 1 saturated heterocycles. The van der Waals surface area contributed by atoms with Crippen LogP contribution < -0.4 is 5.32 Å². The van der Waals surface area contributed by atoms with E-state index in [2.05, 4.69) is 34.5 Å². The fraction of sp³-hybridized carbons (Fsp3) is 0.389. The zero-order valence-electron chi connectivity index (χ0n) is 13.0. The Morgan fingerprint density at radius 2 is 1.82 bits per heavy atom. The van der Waals surface area contributed by atoms with Crippen molar-refractivity contribution in [2.24, 2.45) is 0 Å². The number of benzene rings is 1. The molecule has 1 aliphatic heterocycles. The Hall–Kier alpha value is -2.07. The first kappa shape index (κ1) is 14.9. The monoisotopic (exact) mass is 298 g/mol. The Balaban J connectivity index is 1.52. The molecule has 0 aliphatic carbocycles. The summed E-state index contributed by atoms with van der Waals surface area (Å²) in [6.07, 6.45) is 4.17. The lowest BCUT2D eigenvalue weighted by molar-refractivity contribution is 0.0949. The lowest BCUT2D eigenvalue weighted by Gasteiger charge is -2.14. The zero-order valence-corrected chi connectivity index (χ0v) is 13.0. The third-order valence-electron chi connectivity index (χ3n) is 4.18. The van der Waals surface area contributed by atoms with Gasteiger partial charge in [-0.05, 0) is 50.0 Å². The number of carbonyl (C=O) groups excluding carboxylic acids is 1.